The van der Waals surface area contributed by atoms with Crippen LogP contribution < -0.4 is 9.80 Å². The molecule has 0 aliphatic heterocycles. The second-order valence-electron chi connectivity index (χ2n) is 20.5. The summed E-state index contributed by atoms with van der Waals surface area (Å²) in [5.41, 5.74) is 21.4. The molecule has 0 fully saturated rings. The maximum Gasteiger partial charge on any atom is 0.159 e. The maximum atomic E-state index is 15.0. The van der Waals surface area contributed by atoms with Gasteiger partial charge in [0.05, 0.1) is 16.8 Å². The van der Waals surface area contributed by atoms with Crippen LogP contribution in [-0.2, 0) is 5.41 Å². The molecule has 2 aromatic heterocycles. The van der Waals surface area contributed by atoms with Crippen molar-refractivity contribution in [1.29, 1.82) is 0 Å². The Labute approximate surface area is 440 Å². The zero-order chi connectivity index (χ0) is 50.7. The molecular weight excluding hydrogens is 951 g/mol. The lowest BCUT2D eigenvalue weighted by molar-refractivity contribution is 0.627. The number of hydrogen-bond donors (Lipinski definition) is 0. The van der Waals surface area contributed by atoms with Gasteiger partial charge in [-0.15, -0.1) is 0 Å². The average Bonchev–Trinajstić information content (AvgIpc) is 4.27. The summed E-state index contributed by atoms with van der Waals surface area (Å²) in [6, 6.07) is 83.0. The van der Waals surface area contributed by atoms with Crippen LogP contribution >= 0.6 is 0 Å². The summed E-state index contributed by atoms with van der Waals surface area (Å²) >= 11 is 0. The Balaban J connectivity index is 0.979. The van der Waals surface area contributed by atoms with E-state index >= 15 is 8.78 Å². The minimum absolute atomic E-state index is 0.315. The Kier molecular flexibility index (Phi) is 8.53. The van der Waals surface area contributed by atoms with Gasteiger partial charge >= 0.3 is 0 Å². The first-order valence-electron chi connectivity index (χ1n) is 26.0. The third kappa shape index (κ3) is 5.68. The number of halogens is 2. The molecule has 3 aliphatic carbocycles. The lowest BCUT2D eigenvalue weighted by Crippen LogP contribution is -2.26. The van der Waals surface area contributed by atoms with Crippen LogP contribution in [0.4, 0.5) is 42.9 Å². The Bertz CT molecular complexity index is 4640. The summed E-state index contributed by atoms with van der Waals surface area (Å²) in [5.74, 6) is -0.629. The molecular formula is C71H40F2N2O2. The first-order chi connectivity index (χ1) is 38.0. The van der Waals surface area contributed by atoms with Crippen molar-refractivity contribution in [3.8, 4) is 44.5 Å². The highest BCUT2D eigenvalue weighted by atomic mass is 19.1. The van der Waals surface area contributed by atoms with Crippen LogP contribution in [0.3, 0.4) is 0 Å². The van der Waals surface area contributed by atoms with Crippen LogP contribution in [0.2, 0.25) is 0 Å². The Morgan fingerprint density at radius 3 is 1.31 bits per heavy atom. The van der Waals surface area contributed by atoms with Gasteiger partial charge < -0.3 is 18.6 Å². The fourth-order valence-corrected chi connectivity index (χ4v) is 13.6. The third-order valence-electron chi connectivity index (χ3n) is 16.7. The minimum Gasteiger partial charge on any atom is -0.454 e. The van der Waals surface area contributed by atoms with E-state index in [0.29, 0.717) is 0 Å². The second-order valence-corrected chi connectivity index (χ2v) is 20.5. The molecule has 0 N–H and O–H groups in total. The quantitative estimate of drug-likeness (QED) is 0.166. The van der Waals surface area contributed by atoms with E-state index < -0.39 is 5.41 Å². The van der Waals surface area contributed by atoms with E-state index in [2.05, 4.69) is 168 Å². The van der Waals surface area contributed by atoms with E-state index in [1.54, 1.807) is 0 Å². The van der Waals surface area contributed by atoms with Crippen molar-refractivity contribution in [1.82, 2.24) is 0 Å². The molecule has 0 bridgehead atoms. The van der Waals surface area contributed by atoms with Crippen molar-refractivity contribution in [3.05, 3.63) is 277 Å². The molecule has 4 nitrogen and oxygen atoms in total. The minimum atomic E-state index is -0.861. The zero-order valence-electron chi connectivity index (χ0n) is 41.1. The predicted octanol–water partition coefficient (Wildman–Crippen LogP) is 19.8. The van der Waals surface area contributed by atoms with Gasteiger partial charge in [-0.3, -0.25) is 0 Å². The average molecular weight is 991 g/mol. The molecule has 0 atom stereocenters. The lowest BCUT2D eigenvalue weighted by atomic mass is 9.70. The molecule has 12 aromatic carbocycles. The van der Waals surface area contributed by atoms with Gasteiger partial charge in [-0.2, -0.15) is 0 Å². The van der Waals surface area contributed by atoms with Gasteiger partial charge in [0.25, 0.3) is 0 Å². The number of benzene rings is 12. The SMILES string of the molecule is Fc1ccc(N(c2ccc3c(c2)C2(c4cc(N(c5ccc(F)cc5)c5cccc6c5oc5ccccc56)ccc4-3)c3ccccc3-c3c2cc2c4c(cccc34)-c3ccccc3-2)c2cccc3c2oc2ccccc23)cc1. The largest absolute Gasteiger partial charge is 0.454 e. The van der Waals surface area contributed by atoms with Gasteiger partial charge in [0.15, 0.2) is 11.2 Å². The molecule has 77 heavy (non-hydrogen) atoms. The first-order valence-corrected chi connectivity index (χ1v) is 26.0. The molecule has 0 amide bonds. The standard InChI is InChI=1S/C71H40F2N2O2/c72-41-26-30-43(31-27-41)74(63-22-10-18-54-51-14-4-7-24-65(51)76-69(54)63)45-34-36-49-50-37-35-46(75(44-32-28-42(73)29-33-44)64-23-11-19-55-52-15-5-8-25-66(52)77-70(55)64)39-61(50)71(60(49)38-45)59-21-6-3-16-56(59)68-57-20-9-17-53-47-12-1-2-13-48(47)58(67(53)57)40-62(68)71/h1-40H. The van der Waals surface area contributed by atoms with Crippen LogP contribution in [0.25, 0.3) is 99.2 Å². The number of hydrogen-bond acceptors (Lipinski definition) is 4. The molecule has 6 heteroatoms. The van der Waals surface area contributed by atoms with Crippen LogP contribution in [0.5, 0.6) is 0 Å². The second kappa shape index (κ2) is 15.5. The molecule has 2 heterocycles. The smallest absolute Gasteiger partial charge is 0.159 e. The Hall–Kier alpha value is -10.0. The molecule has 1 spiro atoms. The van der Waals surface area contributed by atoms with Gasteiger partial charge in [-0.25, -0.2) is 8.78 Å². The summed E-state index contributed by atoms with van der Waals surface area (Å²) in [4.78, 5) is 4.42. The summed E-state index contributed by atoms with van der Waals surface area (Å²) < 4.78 is 43.6. The maximum absolute atomic E-state index is 15.0. The first kappa shape index (κ1) is 42.3. The molecule has 360 valence electrons. The molecule has 3 aliphatic rings. The van der Waals surface area contributed by atoms with Crippen LogP contribution in [0.15, 0.2) is 251 Å². The molecule has 0 unspecified atom stereocenters. The van der Waals surface area contributed by atoms with Crippen molar-refractivity contribution < 1.29 is 17.6 Å². The van der Waals surface area contributed by atoms with Crippen molar-refractivity contribution in [2.24, 2.45) is 0 Å². The van der Waals surface area contributed by atoms with E-state index in [1.807, 2.05) is 60.7 Å². The fraction of sp³-hybridized carbons (Fsp3) is 0.0141. The van der Waals surface area contributed by atoms with Crippen molar-refractivity contribution in [2.45, 2.75) is 5.41 Å². The van der Waals surface area contributed by atoms with Gasteiger partial charge in [-0.1, -0.05) is 140 Å². The van der Waals surface area contributed by atoms with Gasteiger partial charge in [0.2, 0.25) is 0 Å². The summed E-state index contributed by atoms with van der Waals surface area (Å²) in [6.45, 7) is 0. The summed E-state index contributed by atoms with van der Waals surface area (Å²) in [6.07, 6.45) is 0. The summed E-state index contributed by atoms with van der Waals surface area (Å²) in [5, 5.41) is 6.52. The molecule has 0 saturated carbocycles. The van der Waals surface area contributed by atoms with E-state index in [9.17, 15) is 0 Å². The Morgan fingerprint density at radius 2 is 0.740 bits per heavy atom. The number of para-hydroxylation sites is 4. The zero-order valence-corrected chi connectivity index (χ0v) is 41.1. The van der Waals surface area contributed by atoms with E-state index in [1.165, 1.54) is 79.5 Å². The highest BCUT2D eigenvalue weighted by Gasteiger charge is 2.53. The van der Waals surface area contributed by atoms with Crippen LogP contribution in [0.1, 0.15) is 22.3 Å². The van der Waals surface area contributed by atoms with Gasteiger partial charge in [0.1, 0.15) is 22.8 Å². The van der Waals surface area contributed by atoms with E-state index in [4.69, 9.17) is 8.83 Å². The number of anilines is 6. The van der Waals surface area contributed by atoms with E-state index in [0.717, 1.165) is 100 Å². The third-order valence-corrected chi connectivity index (χ3v) is 16.7. The van der Waals surface area contributed by atoms with Crippen LogP contribution in [0, 0.1) is 11.6 Å². The number of fused-ring (bicyclic) bond motifs is 20. The number of rotatable bonds is 6. The van der Waals surface area contributed by atoms with Gasteiger partial charge in [0, 0.05) is 44.3 Å². The van der Waals surface area contributed by atoms with Crippen molar-refractivity contribution >= 4 is 88.8 Å². The molecule has 14 aromatic rings. The monoisotopic (exact) mass is 990 g/mol. The number of nitrogens with zero attached hydrogens (tertiary/aromatic N) is 2. The summed E-state index contributed by atoms with van der Waals surface area (Å²) in [7, 11) is 0. The molecule has 17 rings (SSSR count). The normalized spacial score (nSPS) is 13.2. The highest BCUT2D eigenvalue weighted by molar-refractivity contribution is 6.21. The topological polar surface area (TPSA) is 32.8 Å². The van der Waals surface area contributed by atoms with E-state index in [-0.39, 0.29) is 11.6 Å². The highest BCUT2D eigenvalue weighted by Crippen LogP contribution is 2.67. The predicted molar refractivity (Wildman–Crippen MR) is 309 cm³/mol. The fourth-order valence-electron chi connectivity index (χ4n) is 13.6. The Morgan fingerprint density at radius 1 is 0.299 bits per heavy atom. The van der Waals surface area contributed by atoms with Gasteiger partial charge in [-0.05, 0) is 181 Å². The number of furan rings is 2. The van der Waals surface area contributed by atoms with Crippen LogP contribution in [-0.4, -0.2) is 0 Å². The lowest BCUT2D eigenvalue weighted by Gasteiger charge is -2.33. The molecule has 0 radical (unpaired) electrons. The van der Waals surface area contributed by atoms with Crippen molar-refractivity contribution in [2.75, 3.05) is 9.80 Å². The molecule has 0 saturated heterocycles. The van der Waals surface area contributed by atoms with Crippen molar-refractivity contribution in [3.63, 3.8) is 0 Å².